The van der Waals surface area contributed by atoms with Gasteiger partial charge in [0.15, 0.2) is 0 Å². The lowest BCUT2D eigenvalue weighted by molar-refractivity contribution is -0.123. The Morgan fingerprint density at radius 1 is 1.17 bits per heavy atom. The van der Waals surface area contributed by atoms with Gasteiger partial charge < -0.3 is 10.1 Å². The fourth-order valence-electron chi connectivity index (χ4n) is 3.78. The summed E-state index contributed by atoms with van der Waals surface area (Å²) in [5.41, 5.74) is 1.14. The fourth-order valence-corrected chi connectivity index (χ4v) is 3.78. The predicted octanol–water partition coefficient (Wildman–Crippen LogP) is 3.78. The van der Waals surface area contributed by atoms with Crippen LogP contribution in [0.3, 0.4) is 0 Å². The van der Waals surface area contributed by atoms with E-state index in [0.717, 1.165) is 37.7 Å². The number of carbonyl (C=O) groups excluding carboxylic acids is 1. The first-order chi connectivity index (χ1) is 11.2. The Hall–Kier alpha value is -1.58. The van der Waals surface area contributed by atoms with Crippen LogP contribution in [0.5, 0.6) is 5.88 Å². The minimum Gasteiger partial charge on any atom is -0.474 e. The maximum Gasteiger partial charge on any atom is 0.220 e. The first-order valence-corrected chi connectivity index (χ1v) is 9.08. The number of hydrogen-bond donors (Lipinski definition) is 1. The van der Waals surface area contributed by atoms with Gasteiger partial charge in [-0.05, 0) is 56.9 Å². The van der Waals surface area contributed by atoms with Gasteiger partial charge in [-0.15, -0.1) is 0 Å². The van der Waals surface area contributed by atoms with Crippen molar-refractivity contribution in [3.63, 3.8) is 0 Å². The topological polar surface area (TPSA) is 51.2 Å². The van der Waals surface area contributed by atoms with Gasteiger partial charge in [0, 0.05) is 24.7 Å². The van der Waals surface area contributed by atoms with Gasteiger partial charge in [0.05, 0.1) is 0 Å². The summed E-state index contributed by atoms with van der Waals surface area (Å²) >= 11 is 0. The fraction of sp³-hybridized carbons (Fsp3) is 0.684. The third-order valence-electron chi connectivity index (χ3n) is 5.16. The van der Waals surface area contributed by atoms with E-state index in [0.29, 0.717) is 17.8 Å². The van der Waals surface area contributed by atoms with E-state index in [9.17, 15) is 4.79 Å². The zero-order valence-electron chi connectivity index (χ0n) is 14.1. The van der Waals surface area contributed by atoms with Crippen LogP contribution in [0.2, 0.25) is 0 Å². The van der Waals surface area contributed by atoms with E-state index in [4.69, 9.17) is 4.74 Å². The molecule has 0 spiro atoms. The Kier molecular flexibility index (Phi) is 5.52. The summed E-state index contributed by atoms with van der Waals surface area (Å²) in [6.07, 6.45) is 11.9. The van der Waals surface area contributed by atoms with Crippen molar-refractivity contribution in [1.82, 2.24) is 10.3 Å². The molecule has 0 bridgehead atoms. The molecule has 2 aliphatic carbocycles. The van der Waals surface area contributed by atoms with Crippen LogP contribution in [-0.2, 0) is 4.79 Å². The van der Waals surface area contributed by atoms with E-state index in [2.05, 4.69) is 10.3 Å². The molecule has 2 fully saturated rings. The monoisotopic (exact) mass is 316 g/mol. The minimum absolute atomic E-state index is 0.230. The zero-order valence-corrected chi connectivity index (χ0v) is 14.1. The number of pyridine rings is 1. The predicted molar refractivity (Wildman–Crippen MR) is 90.4 cm³/mol. The molecule has 126 valence electrons. The van der Waals surface area contributed by atoms with Crippen molar-refractivity contribution in [3.05, 3.63) is 23.9 Å². The lowest BCUT2D eigenvalue weighted by Gasteiger charge is -2.29. The van der Waals surface area contributed by atoms with Crippen molar-refractivity contribution in [1.29, 1.82) is 0 Å². The van der Waals surface area contributed by atoms with Crippen molar-refractivity contribution in [2.24, 2.45) is 5.92 Å². The highest BCUT2D eigenvalue weighted by molar-refractivity contribution is 5.76. The maximum absolute atomic E-state index is 12.1. The molecule has 23 heavy (non-hydrogen) atoms. The Bertz CT molecular complexity index is 501. The van der Waals surface area contributed by atoms with Gasteiger partial charge in [0.25, 0.3) is 0 Å². The molecule has 1 aromatic heterocycles. The molecule has 0 radical (unpaired) electrons. The number of carbonyl (C=O) groups is 1. The van der Waals surface area contributed by atoms with Gasteiger partial charge in [0.2, 0.25) is 11.8 Å². The number of amides is 1. The van der Waals surface area contributed by atoms with Crippen LogP contribution in [0.4, 0.5) is 0 Å². The third-order valence-corrected chi connectivity index (χ3v) is 5.16. The standard InChI is InChI=1S/C19H28N2O2/c1-14-6-11-19(20-13-14)23-17-9-7-16(8-10-17)21-18(22)12-15-4-2-3-5-15/h6,11,13,15-17H,2-5,7-10,12H2,1H3,(H,21,22). The third kappa shape index (κ3) is 4.95. The quantitative estimate of drug-likeness (QED) is 0.899. The molecule has 1 N–H and O–H groups in total. The van der Waals surface area contributed by atoms with Crippen LogP contribution >= 0.6 is 0 Å². The largest absolute Gasteiger partial charge is 0.474 e. The van der Waals surface area contributed by atoms with Crippen molar-refractivity contribution >= 4 is 5.91 Å². The smallest absolute Gasteiger partial charge is 0.220 e. The molecule has 3 rings (SSSR count). The van der Waals surface area contributed by atoms with Gasteiger partial charge in [-0.25, -0.2) is 4.98 Å². The Morgan fingerprint density at radius 3 is 2.57 bits per heavy atom. The van der Waals surface area contributed by atoms with Crippen LogP contribution in [0.15, 0.2) is 18.3 Å². The molecule has 0 saturated heterocycles. The molecule has 0 aromatic carbocycles. The highest BCUT2D eigenvalue weighted by atomic mass is 16.5. The lowest BCUT2D eigenvalue weighted by Crippen LogP contribution is -2.40. The Balaban J connectivity index is 1.37. The number of ether oxygens (including phenoxy) is 1. The zero-order chi connectivity index (χ0) is 16.1. The first-order valence-electron chi connectivity index (χ1n) is 9.08. The number of aryl methyl sites for hydroxylation is 1. The minimum atomic E-state index is 0.230. The highest BCUT2D eigenvalue weighted by Gasteiger charge is 2.25. The molecule has 1 amide bonds. The van der Waals surface area contributed by atoms with E-state index in [-0.39, 0.29) is 12.0 Å². The van der Waals surface area contributed by atoms with Gasteiger partial charge in [0.1, 0.15) is 6.10 Å². The van der Waals surface area contributed by atoms with Gasteiger partial charge in [-0.2, -0.15) is 0 Å². The molecular formula is C19H28N2O2. The van der Waals surface area contributed by atoms with E-state index < -0.39 is 0 Å². The highest BCUT2D eigenvalue weighted by Crippen LogP contribution is 2.28. The summed E-state index contributed by atoms with van der Waals surface area (Å²) in [6, 6.07) is 4.29. The molecule has 2 aliphatic rings. The van der Waals surface area contributed by atoms with Crippen molar-refractivity contribution in [2.75, 3.05) is 0 Å². The van der Waals surface area contributed by atoms with Crippen molar-refractivity contribution < 1.29 is 9.53 Å². The number of aromatic nitrogens is 1. The van der Waals surface area contributed by atoms with Crippen LogP contribution in [0.1, 0.15) is 63.4 Å². The molecular weight excluding hydrogens is 288 g/mol. The maximum atomic E-state index is 12.1. The summed E-state index contributed by atoms with van der Waals surface area (Å²) in [5.74, 6) is 1.59. The average molecular weight is 316 g/mol. The van der Waals surface area contributed by atoms with Crippen LogP contribution < -0.4 is 10.1 Å². The summed E-state index contributed by atoms with van der Waals surface area (Å²) in [5, 5.41) is 3.23. The molecule has 2 saturated carbocycles. The van der Waals surface area contributed by atoms with Gasteiger partial charge in [-0.1, -0.05) is 18.9 Å². The number of nitrogens with one attached hydrogen (secondary N) is 1. The van der Waals surface area contributed by atoms with E-state index in [1.54, 1.807) is 0 Å². The number of hydrogen-bond acceptors (Lipinski definition) is 3. The van der Waals surface area contributed by atoms with Crippen molar-refractivity contribution in [2.45, 2.75) is 76.9 Å². The molecule has 1 heterocycles. The second kappa shape index (κ2) is 7.80. The lowest BCUT2D eigenvalue weighted by atomic mass is 9.92. The molecule has 4 nitrogen and oxygen atoms in total. The first kappa shape index (κ1) is 16.3. The summed E-state index contributed by atoms with van der Waals surface area (Å²) in [7, 11) is 0. The summed E-state index contributed by atoms with van der Waals surface area (Å²) < 4.78 is 5.95. The molecule has 0 unspecified atom stereocenters. The number of rotatable bonds is 5. The van der Waals surface area contributed by atoms with Crippen LogP contribution in [0, 0.1) is 12.8 Å². The molecule has 1 aromatic rings. The van der Waals surface area contributed by atoms with Gasteiger partial charge >= 0.3 is 0 Å². The molecule has 0 atom stereocenters. The van der Waals surface area contributed by atoms with E-state index >= 15 is 0 Å². The van der Waals surface area contributed by atoms with Crippen LogP contribution in [-0.4, -0.2) is 23.0 Å². The Labute approximate surface area is 139 Å². The second-order valence-corrected chi connectivity index (χ2v) is 7.19. The van der Waals surface area contributed by atoms with E-state index in [1.165, 1.54) is 25.7 Å². The second-order valence-electron chi connectivity index (χ2n) is 7.19. The van der Waals surface area contributed by atoms with Crippen LogP contribution in [0.25, 0.3) is 0 Å². The normalized spacial score (nSPS) is 25.3. The SMILES string of the molecule is Cc1ccc(OC2CCC(NC(=O)CC3CCCC3)CC2)nc1. The number of nitrogens with zero attached hydrogens (tertiary/aromatic N) is 1. The summed E-state index contributed by atoms with van der Waals surface area (Å²) in [6.45, 7) is 2.02. The molecule has 0 aliphatic heterocycles. The van der Waals surface area contributed by atoms with E-state index in [1.807, 2.05) is 25.3 Å². The Morgan fingerprint density at radius 2 is 1.91 bits per heavy atom. The average Bonchev–Trinajstić information content (AvgIpc) is 3.04. The summed E-state index contributed by atoms with van der Waals surface area (Å²) in [4.78, 5) is 16.4. The molecule has 4 heteroatoms. The van der Waals surface area contributed by atoms with Crippen molar-refractivity contribution in [3.8, 4) is 5.88 Å². The van der Waals surface area contributed by atoms with Gasteiger partial charge in [-0.3, -0.25) is 4.79 Å².